The van der Waals surface area contributed by atoms with Crippen molar-refractivity contribution < 1.29 is 18.8 Å². The molecule has 1 amide bonds. The lowest BCUT2D eigenvalue weighted by molar-refractivity contribution is 0.0733. The summed E-state index contributed by atoms with van der Waals surface area (Å²) in [6, 6.07) is 1.89. The van der Waals surface area contributed by atoms with Crippen LogP contribution in [0.5, 0.6) is 0 Å². The second kappa shape index (κ2) is 5.02. The first-order chi connectivity index (χ1) is 11.5. The molecule has 9 heteroatoms. The number of halogens is 2. The molecule has 2 aliphatic rings. The minimum atomic E-state index is -1.19. The van der Waals surface area contributed by atoms with E-state index in [1.54, 1.807) is 0 Å². The number of nitrogens with two attached hydrogens (primary N) is 1. The monoisotopic (exact) mass is 333 g/mol. The van der Waals surface area contributed by atoms with Crippen LogP contribution in [0.4, 0.5) is 8.78 Å². The van der Waals surface area contributed by atoms with Crippen LogP contribution in [0.15, 0.2) is 23.6 Å². The fourth-order valence-corrected chi connectivity index (χ4v) is 3.50. The number of fused-ring (bicyclic) bond motifs is 5. The third kappa shape index (κ3) is 1.78. The van der Waals surface area contributed by atoms with E-state index in [1.807, 2.05) is 0 Å². The van der Waals surface area contributed by atoms with Crippen molar-refractivity contribution in [1.82, 2.24) is 14.5 Å². The van der Waals surface area contributed by atoms with Crippen LogP contribution < -0.4 is 5.73 Å². The molecule has 24 heavy (non-hydrogen) atoms. The van der Waals surface area contributed by atoms with Gasteiger partial charge in [0.2, 0.25) is 0 Å². The Morgan fingerprint density at radius 1 is 1.42 bits per heavy atom. The molecule has 1 fully saturated rings. The van der Waals surface area contributed by atoms with Gasteiger partial charge >= 0.3 is 0 Å². The molecule has 1 saturated heterocycles. The Balaban J connectivity index is 2.07. The Labute approximate surface area is 135 Å². The molecule has 0 radical (unpaired) electrons. The number of rotatable bonds is 1. The molecule has 1 aromatic carbocycles. The fraction of sp³-hybridized carbons (Fsp3) is 0.267. The minimum Gasteiger partial charge on any atom is -0.409 e. The predicted molar refractivity (Wildman–Crippen MR) is 79.0 cm³/mol. The van der Waals surface area contributed by atoms with Crippen LogP contribution in [0.1, 0.15) is 40.6 Å². The summed E-state index contributed by atoms with van der Waals surface area (Å²) >= 11 is 0. The molecule has 7 nitrogen and oxygen atoms in total. The van der Waals surface area contributed by atoms with Gasteiger partial charge in [0, 0.05) is 6.54 Å². The number of imidazole rings is 1. The summed E-state index contributed by atoms with van der Waals surface area (Å²) in [6.45, 7) is 0.416. The minimum absolute atomic E-state index is 0.188. The quantitative estimate of drug-likeness (QED) is 0.358. The normalized spacial score (nSPS) is 19.8. The molecule has 4 rings (SSSR count). The highest BCUT2D eigenvalue weighted by molar-refractivity contribution is 6.01. The number of carbonyl (C=O) groups is 1. The van der Waals surface area contributed by atoms with Crippen molar-refractivity contribution in [3.63, 3.8) is 0 Å². The summed E-state index contributed by atoms with van der Waals surface area (Å²) in [6.07, 6.45) is 2.71. The van der Waals surface area contributed by atoms with Gasteiger partial charge in [-0.05, 0) is 25.0 Å². The molecule has 0 unspecified atom stereocenters. The lowest BCUT2D eigenvalue weighted by atomic mass is 10.1. The van der Waals surface area contributed by atoms with Gasteiger partial charge in [0.05, 0.1) is 17.4 Å². The van der Waals surface area contributed by atoms with Crippen LogP contribution in [0, 0.1) is 11.6 Å². The molecule has 0 spiro atoms. The van der Waals surface area contributed by atoms with Crippen molar-refractivity contribution in [2.24, 2.45) is 10.9 Å². The molecule has 0 saturated carbocycles. The SMILES string of the molecule is NC(=NO)c1ncn2c1[C@@H]1CCCN1C(=O)c1c-2ccc(F)c1F. The lowest BCUT2D eigenvalue weighted by Gasteiger charge is -2.23. The molecule has 3 N–H and O–H groups in total. The van der Waals surface area contributed by atoms with Crippen LogP contribution in [-0.2, 0) is 0 Å². The van der Waals surface area contributed by atoms with Crippen molar-refractivity contribution in [3.05, 3.63) is 47.0 Å². The van der Waals surface area contributed by atoms with Gasteiger partial charge in [0.1, 0.15) is 17.6 Å². The van der Waals surface area contributed by atoms with E-state index in [1.165, 1.54) is 21.9 Å². The van der Waals surface area contributed by atoms with Crippen LogP contribution in [0.2, 0.25) is 0 Å². The largest absolute Gasteiger partial charge is 0.409 e. The van der Waals surface area contributed by atoms with E-state index in [-0.39, 0.29) is 22.8 Å². The first-order valence-electron chi connectivity index (χ1n) is 7.39. The Kier molecular flexibility index (Phi) is 3.05. The molecule has 124 valence electrons. The zero-order chi connectivity index (χ0) is 17.0. The number of oxime groups is 1. The van der Waals surface area contributed by atoms with Gasteiger partial charge in [-0.1, -0.05) is 5.16 Å². The zero-order valence-electron chi connectivity index (χ0n) is 12.4. The molecular formula is C15H13F2N5O2. The van der Waals surface area contributed by atoms with E-state index in [9.17, 15) is 13.6 Å². The van der Waals surface area contributed by atoms with Crippen molar-refractivity contribution >= 4 is 11.7 Å². The number of nitrogens with zero attached hydrogens (tertiary/aromatic N) is 4. The third-order valence-corrected chi connectivity index (χ3v) is 4.53. The molecular weight excluding hydrogens is 320 g/mol. The number of carbonyl (C=O) groups excluding carboxylic acids is 1. The Hall–Kier alpha value is -2.97. The number of aromatic nitrogens is 2. The Morgan fingerprint density at radius 3 is 2.96 bits per heavy atom. The van der Waals surface area contributed by atoms with E-state index >= 15 is 0 Å². The number of amidine groups is 1. The van der Waals surface area contributed by atoms with Gasteiger partial charge in [0.25, 0.3) is 5.91 Å². The first kappa shape index (κ1) is 14.6. The number of amides is 1. The van der Waals surface area contributed by atoms with Gasteiger partial charge < -0.3 is 15.8 Å². The molecule has 0 bridgehead atoms. The second-order valence-electron chi connectivity index (χ2n) is 5.75. The number of hydrogen-bond acceptors (Lipinski definition) is 4. The number of benzene rings is 1. The van der Waals surface area contributed by atoms with Crippen LogP contribution in [0.25, 0.3) is 5.69 Å². The highest BCUT2D eigenvalue weighted by Crippen LogP contribution is 2.40. The van der Waals surface area contributed by atoms with E-state index in [4.69, 9.17) is 10.9 Å². The Morgan fingerprint density at radius 2 is 2.21 bits per heavy atom. The second-order valence-corrected chi connectivity index (χ2v) is 5.75. The van der Waals surface area contributed by atoms with E-state index in [0.717, 1.165) is 6.07 Å². The van der Waals surface area contributed by atoms with E-state index in [0.29, 0.717) is 25.1 Å². The maximum absolute atomic E-state index is 14.4. The molecule has 1 aromatic heterocycles. The van der Waals surface area contributed by atoms with Crippen LogP contribution in [0.3, 0.4) is 0 Å². The van der Waals surface area contributed by atoms with Crippen molar-refractivity contribution in [1.29, 1.82) is 0 Å². The van der Waals surface area contributed by atoms with Gasteiger partial charge in [-0.2, -0.15) is 0 Å². The molecule has 0 aliphatic carbocycles. The van der Waals surface area contributed by atoms with Crippen molar-refractivity contribution in [3.8, 4) is 5.69 Å². The number of hydrogen-bond donors (Lipinski definition) is 2. The van der Waals surface area contributed by atoms with E-state index < -0.39 is 23.6 Å². The van der Waals surface area contributed by atoms with Gasteiger partial charge in [-0.25, -0.2) is 13.8 Å². The topological polar surface area (TPSA) is 96.7 Å². The smallest absolute Gasteiger partial charge is 0.259 e. The highest BCUT2D eigenvalue weighted by Gasteiger charge is 2.41. The summed E-state index contributed by atoms with van der Waals surface area (Å²) in [5.41, 5.74) is 6.30. The lowest BCUT2D eigenvalue weighted by Crippen LogP contribution is -2.31. The Bertz CT molecular complexity index is 892. The third-order valence-electron chi connectivity index (χ3n) is 4.53. The molecule has 2 aliphatic heterocycles. The highest BCUT2D eigenvalue weighted by atomic mass is 19.2. The fourth-order valence-electron chi connectivity index (χ4n) is 3.50. The summed E-state index contributed by atoms with van der Waals surface area (Å²) in [5.74, 6) is -3.04. The van der Waals surface area contributed by atoms with Crippen LogP contribution >= 0.6 is 0 Å². The summed E-state index contributed by atoms with van der Waals surface area (Å²) < 4.78 is 29.5. The average Bonchev–Trinajstić information content (AvgIpc) is 3.20. The average molecular weight is 333 g/mol. The standard InChI is InChI=1S/C15H13F2N5O2/c16-7-3-4-8-10(11(7)17)15(23)21-5-1-2-9(21)13-12(14(18)20-24)19-6-22(8)13/h3-4,6,9,24H,1-2,5H2,(H2,18,20)/t9-/m0/s1. The van der Waals surface area contributed by atoms with E-state index in [2.05, 4.69) is 10.1 Å². The van der Waals surface area contributed by atoms with Crippen molar-refractivity contribution in [2.45, 2.75) is 18.9 Å². The first-order valence-corrected chi connectivity index (χ1v) is 7.39. The molecule has 1 atom stereocenters. The maximum atomic E-state index is 14.4. The molecule has 2 aromatic rings. The summed E-state index contributed by atoms with van der Waals surface area (Å²) in [4.78, 5) is 18.4. The van der Waals surface area contributed by atoms with Gasteiger partial charge in [-0.3, -0.25) is 9.36 Å². The zero-order valence-corrected chi connectivity index (χ0v) is 12.4. The predicted octanol–water partition coefficient (Wildman–Crippen LogP) is 1.54. The summed E-state index contributed by atoms with van der Waals surface area (Å²) in [5, 5.41) is 11.9. The van der Waals surface area contributed by atoms with Crippen LogP contribution in [-0.4, -0.2) is 37.9 Å². The van der Waals surface area contributed by atoms with Gasteiger partial charge in [0.15, 0.2) is 17.5 Å². The molecule has 3 heterocycles. The van der Waals surface area contributed by atoms with Gasteiger partial charge in [-0.15, -0.1) is 0 Å². The maximum Gasteiger partial charge on any atom is 0.259 e. The summed E-state index contributed by atoms with van der Waals surface area (Å²) in [7, 11) is 0. The van der Waals surface area contributed by atoms with Crippen molar-refractivity contribution in [2.75, 3.05) is 6.54 Å².